The lowest BCUT2D eigenvalue weighted by atomic mass is 10.3. The predicted molar refractivity (Wildman–Crippen MR) is 66.9 cm³/mol. The molecule has 1 unspecified atom stereocenters. The van der Waals surface area contributed by atoms with Gasteiger partial charge in [-0.1, -0.05) is 0 Å². The number of sulfonamides is 1. The van der Waals surface area contributed by atoms with Crippen LogP contribution >= 0.6 is 11.6 Å². The fourth-order valence-electron chi connectivity index (χ4n) is 1.56. The molecule has 102 valence electrons. The van der Waals surface area contributed by atoms with Gasteiger partial charge >= 0.3 is 0 Å². The summed E-state index contributed by atoms with van der Waals surface area (Å²) in [5.74, 6) is 0.328. The molecule has 0 spiro atoms. The summed E-state index contributed by atoms with van der Waals surface area (Å²) in [6.07, 6.45) is -0.156. The number of halogens is 1. The summed E-state index contributed by atoms with van der Waals surface area (Å²) in [6, 6.07) is 0. The summed E-state index contributed by atoms with van der Waals surface area (Å²) in [5, 5.41) is 0. The molecule has 0 amide bonds. The maximum atomic E-state index is 12.0. The Hall–Kier alpha value is 0.120. The van der Waals surface area contributed by atoms with Crippen LogP contribution in [0, 0.1) is 0 Å². The van der Waals surface area contributed by atoms with Gasteiger partial charge in [0.05, 0.1) is 31.2 Å². The molecule has 1 aliphatic heterocycles. The molecule has 0 aromatic heterocycles. The first-order valence-corrected chi connectivity index (χ1v) is 7.87. The van der Waals surface area contributed by atoms with Gasteiger partial charge in [0.1, 0.15) is 0 Å². The van der Waals surface area contributed by atoms with Gasteiger partial charge in [0.15, 0.2) is 0 Å². The summed E-state index contributed by atoms with van der Waals surface area (Å²) in [6.45, 7) is 5.13. The van der Waals surface area contributed by atoms with E-state index >= 15 is 0 Å². The minimum absolute atomic E-state index is 0.0141. The Morgan fingerprint density at radius 2 is 2.24 bits per heavy atom. The minimum Gasteiger partial charge on any atom is -0.378 e. The van der Waals surface area contributed by atoms with Gasteiger partial charge in [-0.05, 0) is 13.8 Å². The van der Waals surface area contributed by atoms with Crippen LogP contribution in [0.4, 0.5) is 0 Å². The van der Waals surface area contributed by atoms with E-state index in [2.05, 4.69) is 0 Å². The van der Waals surface area contributed by atoms with Gasteiger partial charge in [0.25, 0.3) is 0 Å². The van der Waals surface area contributed by atoms with Crippen molar-refractivity contribution in [3.63, 3.8) is 0 Å². The van der Waals surface area contributed by atoms with Gasteiger partial charge in [0, 0.05) is 19.0 Å². The van der Waals surface area contributed by atoms with Crippen LogP contribution in [0.25, 0.3) is 0 Å². The molecule has 0 aromatic carbocycles. The maximum Gasteiger partial charge on any atom is 0.216 e. The van der Waals surface area contributed by atoms with E-state index < -0.39 is 10.0 Å². The van der Waals surface area contributed by atoms with E-state index in [1.165, 1.54) is 4.31 Å². The summed E-state index contributed by atoms with van der Waals surface area (Å²) >= 11 is 5.67. The molecule has 5 nitrogen and oxygen atoms in total. The standard InChI is InChI=1S/C10H20ClNO4S/c1-9(2)15-5-6-17(13,14)12-3-4-16-10(7-11)8-12/h9-10H,3-8H2,1-2H3. The minimum atomic E-state index is -3.25. The number of hydrogen-bond donors (Lipinski definition) is 0. The van der Waals surface area contributed by atoms with E-state index in [0.717, 1.165) is 0 Å². The van der Waals surface area contributed by atoms with Crippen molar-refractivity contribution in [3.05, 3.63) is 0 Å². The van der Waals surface area contributed by atoms with Crippen LogP contribution in [-0.4, -0.2) is 62.9 Å². The second kappa shape index (κ2) is 6.89. The smallest absolute Gasteiger partial charge is 0.216 e. The molecule has 1 fully saturated rings. The SMILES string of the molecule is CC(C)OCCS(=O)(=O)N1CCOC(CCl)C1. The Morgan fingerprint density at radius 3 is 2.82 bits per heavy atom. The van der Waals surface area contributed by atoms with Gasteiger partial charge in [-0.25, -0.2) is 8.42 Å². The first-order valence-electron chi connectivity index (χ1n) is 5.72. The number of ether oxygens (including phenoxy) is 2. The van der Waals surface area contributed by atoms with Crippen molar-refractivity contribution in [2.45, 2.75) is 26.1 Å². The summed E-state index contributed by atoms with van der Waals surface area (Å²) in [7, 11) is -3.25. The summed E-state index contributed by atoms with van der Waals surface area (Å²) < 4.78 is 36.0. The molecule has 0 aromatic rings. The fourth-order valence-corrected chi connectivity index (χ4v) is 3.05. The highest BCUT2D eigenvalue weighted by atomic mass is 35.5. The van der Waals surface area contributed by atoms with E-state index in [4.69, 9.17) is 21.1 Å². The zero-order chi connectivity index (χ0) is 12.9. The zero-order valence-corrected chi connectivity index (χ0v) is 11.8. The number of morpholine rings is 1. The quantitative estimate of drug-likeness (QED) is 0.674. The van der Waals surface area contributed by atoms with E-state index in [-0.39, 0.29) is 24.6 Å². The third-order valence-corrected chi connectivity index (χ3v) is 4.60. The molecule has 0 radical (unpaired) electrons. The molecular formula is C10H20ClNO4S. The highest BCUT2D eigenvalue weighted by Gasteiger charge is 2.28. The molecule has 0 aliphatic carbocycles. The number of alkyl halides is 1. The lowest BCUT2D eigenvalue weighted by Gasteiger charge is -2.31. The van der Waals surface area contributed by atoms with Crippen molar-refractivity contribution in [2.24, 2.45) is 0 Å². The van der Waals surface area contributed by atoms with E-state index in [1.54, 1.807) is 0 Å². The largest absolute Gasteiger partial charge is 0.378 e. The molecule has 1 atom stereocenters. The van der Waals surface area contributed by atoms with Crippen LogP contribution in [0.2, 0.25) is 0 Å². The molecule has 1 heterocycles. The molecule has 0 bridgehead atoms. The van der Waals surface area contributed by atoms with Crippen molar-refractivity contribution in [3.8, 4) is 0 Å². The first kappa shape index (κ1) is 15.2. The van der Waals surface area contributed by atoms with E-state index in [9.17, 15) is 8.42 Å². The second-order valence-electron chi connectivity index (χ2n) is 4.24. The molecule has 0 saturated carbocycles. The topological polar surface area (TPSA) is 55.8 Å². The second-order valence-corrected chi connectivity index (χ2v) is 6.64. The molecule has 1 saturated heterocycles. The highest BCUT2D eigenvalue weighted by Crippen LogP contribution is 2.11. The summed E-state index contributed by atoms with van der Waals surface area (Å²) in [4.78, 5) is 0. The fraction of sp³-hybridized carbons (Fsp3) is 1.00. The normalized spacial score (nSPS) is 23.2. The van der Waals surface area contributed by atoms with Crippen LogP contribution in [-0.2, 0) is 19.5 Å². The van der Waals surface area contributed by atoms with Gasteiger partial charge in [0.2, 0.25) is 10.0 Å². The van der Waals surface area contributed by atoms with E-state index in [1.807, 2.05) is 13.8 Å². The molecular weight excluding hydrogens is 266 g/mol. The van der Waals surface area contributed by atoms with Crippen molar-refractivity contribution < 1.29 is 17.9 Å². The molecule has 0 N–H and O–H groups in total. The Morgan fingerprint density at radius 1 is 1.53 bits per heavy atom. The van der Waals surface area contributed by atoms with Crippen molar-refractivity contribution in [1.29, 1.82) is 0 Å². The van der Waals surface area contributed by atoms with Crippen LogP contribution < -0.4 is 0 Å². The van der Waals surface area contributed by atoms with Crippen molar-refractivity contribution in [1.82, 2.24) is 4.31 Å². The molecule has 17 heavy (non-hydrogen) atoms. The third-order valence-electron chi connectivity index (χ3n) is 2.46. The Kier molecular flexibility index (Phi) is 6.16. The number of nitrogens with zero attached hydrogens (tertiary/aromatic N) is 1. The van der Waals surface area contributed by atoms with E-state index in [0.29, 0.717) is 25.6 Å². The van der Waals surface area contributed by atoms with Gasteiger partial charge in [-0.15, -0.1) is 11.6 Å². The molecule has 1 rings (SSSR count). The van der Waals surface area contributed by atoms with Gasteiger partial charge in [-0.3, -0.25) is 0 Å². The predicted octanol–water partition coefficient (Wildman–Crippen LogP) is 0.681. The average Bonchev–Trinajstić information content (AvgIpc) is 2.28. The van der Waals surface area contributed by atoms with Crippen LogP contribution in [0.5, 0.6) is 0 Å². The molecule has 7 heteroatoms. The zero-order valence-electron chi connectivity index (χ0n) is 10.3. The summed E-state index contributed by atoms with van der Waals surface area (Å²) in [5.41, 5.74) is 0. The lowest BCUT2D eigenvalue weighted by Crippen LogP contribution is -2.47. The first-order chi connectivity index (χ1) is 7.95. The maximum absolute atomic E-state index is 12.0. The Bertz CT molecular complexity index is 320. The van der Waals surface area contributed by atoms with Gasteiger partial charge < -0.3 is 9.47 Å². The highest BCUT2D eigenvalue weighted by molar-refractivity contribution is 7.89. The monoisotopic (exact) mass is 285 g/mol. The van der Waals surface area contributed by atoms with Crippen LogP contribution in [0.1, 0.15) is 13.8 Å². The van der Waals surface area contributed by atoms with Crippen LogP contribution in [0.3, 0.4) is 0 Å². The Labute approximate surface area is 108 Å². The average molecular weight is 286 g/mol. The third kappa shape index (κ3) is 5.09. The van der Waals surface area contributed by atoms with Crippen molar-refractivity contribution in [2.75, 3.05) is 37.9 Å². The van der Waals surface area contributed by atoms with Crippen LogP contribution in [0.15, 0.2) is 0 Å². The number of rotatable bonds is 6. The lowest BCUT2D eigenvalue weighted by molar-refractivity contribution is 0.0118. The Balaban J connectivity index is 2.46. The van der Waals surface area contributed by atoms with Crippen molar-refractivity contribution >= 4 is 21.6 Å². The molecule has 1 aliphatic rings. The van der Waals surface area contributed by atoms with Gasteiger partial charge in [-0.2, -0.15) is 4.31 Å². The number of hydrogen-bond acceptors (Lipinski definition) is 4.